The second-order valence-corrected chi connectivity index (χ2v) is 4.41. The van der Waals surface area contributed by atoms with Crippen LogP contribution in [-0.4, -0.2) is 29.6 Å². The smallest absolute Gasteiger partial charge is 0.333 e. The van der Waals surface area contributed by atoms with E-state index >= 15 is 0 Å². The molecular weight excluding hydrogens is 202 g/mol. The first kappa shape index (κ1) is 11.4. The van der Waals surface area contributed by atoms with Crippen LogP contribution in [0.5, 0.6) is 0 Å². The number of nitrogens with one attached hydrogen (secondary N) is 1. The Morgan fingerprint density at radius 3 is 2.86 bits per heavy atom. The number of carbonyl (C=O) groups is 1. The first-order valence-corrected chi connectivity index (χ1v) is 6.06. The van der Waals surface area contributed by atoms with Crippen LogP contribution in [0, 0.1) is 0 Å². The number of esters is 1. The lowest BCUT2D eigenvalue weighted by Gasteiger charge is -2.20. The van der Waals surface area contributed by atoms with Crippen LogP contribution >= 0.6 is 0 Å². The highest BCUT2D eigenvalue weighted by molar-refractivity contribution is 7.82. The van der Waals surface area contributed by atoms with E-state index in [4.69, 9.17) is 0 Å². The van der Waals surface area contributed by atoms with Crippen LogP contribution < -0.4 is 4.72 Å². The molecule has 0 aromatic rings. The predicted molar refractivity (Wildman–Crippen MR) is 54.9 cm³/mol. The van der Waals surface area contributed by atoms with Gasteiger partial charge < -0.3 is 4.74 Å². The Morgan fingerprint density at radius 2 is 2.43 bits per heavy atom. The highest BCUT2D eigenvalue weighted by Crippen LogP contribution is 2.19. The number of ether oxygens (including phenoxy) is 1. The molecule has 14 heavy (non-hydrogen) atoms. The van der Waals surface area contributed by atoms with Crippen molar-refractivity contribution in [2.45, 2.75) is 25.3 Å². The largest absolute Gasteiger partial charge is 0.466 e. The minimum atomic E-state index is -0.982. The Kier molecular flexibility index (Phi) is 4.28. The molecule has 0 aromatic heterocycles. The molecular formula is C9H15NO3S. The van der Waals surface area contributed by atoms with Gasteiger partial charge in [0.25, 0.3) is 0 Å². The van der Waals surface area contributed by atoms with Gasteiger partial charge in [0.1, 0.15) is 0 Å². The van der Waals surface area contributed by atoms with E-state index in [1.807, 2.05) is 6.08 Å². The Hall–Kier alpha value is -0.680. The number of methoxy groups -OCH3 is 1. The van der Waals surface area contributed by atoms with Crippen LogP contribution in [0.3, 0.4) is 0 Å². The lowest BCUT2D eigenvalue weighted by molar-refractivity contribution is -0.136. The molecule has 80 valence electrons. The number of rotatable bonds is 3. The molecule has 0 saturated heterocycles. The molecule has 2 atom stereocenters. The topological polar surface area (TPSA) is 55.4 Å². The molecule has 0 aliphatic heterocycles. The highest BCUT2D eigenvalue weighted by Gasteiger charge is 2.19. The molecule has 1 N–H and O–H groups in total. The Labute approximate surface area is 86.3 Å². The molecule has 0 radical (unpaired) electrons. The third kappa shape index (κ3) is 3.23. The molecule has 0 heterocycles. The predicted octanol–water partition coefficient (Wildman–Crippen LogP) is 0.521. The zero-order valence-electron chi connectivity index (χ0n) is 8.41. The van der Waals surface area contributed by atoms with Gasteiger partial charge >= 0.3 is 5.97 Å². The van der Waals surface area contributed by atoms with Crippen LogP contribution in [0.15, 0.2) is 11.6 Å². The maximum absolute atomic E-state index is 11.1. The summed E-state index contributed by atoms with van der Waals surface area (Å²) in [6.07, 6.45) is 5.74. The second kappa shape index (κ2) is 5.26. The van der Waals surface area contributed by atoms with Crippen molar-refractivity contribution in [2.75, 3.05) is 13.4 Å². The van der Waals surface area contributed by atoms with Gasteiger partial charge in [0, 0.05) is 17.9 Å². The van der Waals surface area contributed by atoms with Crippen LogP contribution in [0.25, 0.3) is 0 Å². The molecule has 1 aliphatic carbocycles. The molecule has 1 rings (SSSR count). The van der Waals surface area contributed by atoms with E-state index in [1.165, 1.54) is 7.11 Å². The lowest BCUT2D eigenvalue weighted by atomic mass is 9.96. The van der Waals surface area contributed by atoms with Crippen molar-refractivity contribution in [1.29, 1.82) is 0 Å². The van der Waals surface area contributed by atoms with Gasteiger partial charge in [-0.1, -0.05) is 6.08 Å². The molecule has 4 nitrogen and oxygen atoms in total. The third-order valence-electron chi connectivity index (χ3n) is 2.19. The quantitative estimate of drug-likeness (QED) is 0.701. The Bertz CT molecular complexity index is 275. The minimum Gasteiger partial charge on any atom is -0.466 e. The van der Waals surface area contributed by atoms with E-state index in [-0.39, 0.29) is 12.0 Å². The summed E-state index contributed by atoms with van der Waals surface area (Å²) in [6, 6.07) is 0.217. The fourth-order valence-electron chi connectivity index (χ4n) is 1.49. The SMILES string of the molecule is COC(=O)C1=CCC(NS(C)=O)CC1. The lowest BCUT2D eigenvalue weighted by Crippen LogP contribution is -2.32. The van der Waals surface area contributed by atoms with Crippen molar-refractivity contribution in [1.82, 2.24) is 4.72 Å². The summed E-state index contributed by atoms with van der Waals surface area (Å²) in [5.74, 6) is -0.249. The monoisotopic (exact) mass is 217 g/mol. The molecule has 2 unspecified atom stereocenters. The minimum absolute atomic E-state index is 0.217. The average molecular weight is 217 g/mol. The fraction of sp³-hybridized carbons (Fsp3) is 0.667. The van der Waals surface area contributed by atoms with E-state index in [9.17, 15) is 9.00 Å². The van der Waals surface area contributed by atoms with Crippen LogP contribution in [0.2, 0.25) is 0 Å². The maximum atomic E-state index is 11.1. The van der Waals surface area contributed by atoms with Gasteiger partial charge in [-0.05, 0) is 19.3 Å². The van der Waals surface area contributed by atoms with Gasteiger partial charge in [-0.25, -0.2) is 13.7 Å². The van der Waals surface area contributed by atoms with Gasteiger partial charge in [-0.15, -0.1) is 0 Å². The number of carbonyl (C=O) groups excluding carboxylic acids is 1. The highest BCUT2D eigenvalue weighted by atomic mass is 32.2. The normalized spacial score (nSPS) is 23.9. The van der Waals surface area contributed by atoms with Crippen molar-refractivity contribution >= 4 is 17.0 Å². The molecule has 0 aromatic carbocycles. The Morgan fingerprint density at radius 1 is 1.71 bits per heavy atom. The maximum Gasteiger partial charge on any atom is 0.333 e. The first-order chi connectivity index (χ1) is 6.63. The van der Waals surface area contributed by atoms with E-state index in [1.54, 1.807) is 6.26 Å². The van der Waals surface area contributed by atoms with Gasteiger partial charge in [0.2, 0.25) is 0 Å². The van der Waals surface area contributed by atoms with Crippen LogP contribution in [0.1, 0.15) is 19.3 Å². The van der Waals surface area contributed by atoms with E-state index in [0.717, 1.165) is 18.4 Å². The van der Waals surface area contributed by atoms with Gasteiger partial charge in [-0.3, -0.25) is 0 Å². The fourth-order valence-corrected chi connectivity index (χ4v) is 2.18. The summed E-state index contributed by atoms with van der Waals surface area (Å²) in [5, 5.41) is 0. The summed E-state index contributed by atoms with van der Waals surface area (Å²) in [6.45, 7) is 0. The average Bonchev–Trinajstić information content (AvgIpc) is 2.17. The van der Waals surface area contributed by atoms with E-state index < -0.39 is 11.0 Å². The van der Waals surface area contributed by atoms with Crippen molar-refractivity contribution in [3.05, 3.63) is 11.6 Å². The molecule has 0 bridgehead atoms. The Balaban J connectivity index is 2.47. The summed E-state index contributed by atoms with van der Waals surface area (Å²) in [5.41, 5.74) is 0.729. The third-order valence-corrected chi connectivity index (χ3v) is 2.86. The number of hydrogen-bond donors (Lipinski definition) is 1. The standard InChI is InChI=1S/C9H15NO3S/c1-13-9(11)7-3-5-8(6-4-7)10-14(2)12/h3,8,10H,4-6H2,1-2H3. The van der Waals surface area contributed by atoms with Gasteiger partial charge in [0.05, 0.1) is 18.1 Å². The molecule has 0 fully saturated rings. The first-order valence-electron chi connectivity index (χ1n) is 4.50. The molecule has 0 spiro atoms. The molecule has 1 aliphatic rings. The molecule has 5 heteroatoms. The zero-order chi connectivity index (χ0) is 10.6. The van der Waals surface area contributed by atoms with Crippen molar-refractivity contribution in [3.63, 3.8) is 0 Å². The van der Waals surface area contributed by atoms with Crippen molar-refractivity contribution in [2.24, 2.45) is 0 Å². The zero-order valence-corrected chi connectivity index (χ0v) is 9.23. The van der Waals surface area contributed by atoms with Crippen molar-refractivity contribution < 1.29 is 13.7 Å². The summed E-state index contributed by atoms with van der Waals surface area (Å²) >= 11 is 0. The molecule has 0 amide bonds. The van der Waals surface area contributed by atoms with Crippen LogP contribution in [0.4, 0.5) is 0 Å². The second-order valence-electron chi connectivity index (χ2n) is 3.26. The van der Waals surface area contributed by atoms with E-state index in [2.05, 4.69) is 9.46 Å². The summed E-state index contributed by atoms with van der Waals surface area (Å²) in [7, 11) is 0.401. The molecule has 0 saturated carbocycles. The summed E-state index contributed by atoms with van der Waals surface area (Å²) < 4.78 is 18.4. The van der Waals surface area contributed by atoms with Crippen LogP contribution in [-0.2, 0) is 20.5 Å². The summed E-state index contributed by atoms with van der Waals surface area (Å²) in [4.78, 5) is 11.1. The number of hydrogen-bond acceptors (Lipinski definition) is 3. The van der Waals surface area contributed by atoms with E-state index in [0.29, 0.717) is 6.42 Å². The van der Waals surface area contributed by atoms with Gasteiger partial charge in [0.15, 0.2) is 0 Å². The van der Waals surface area contributed by atoms with Gasteiger partial charge in [-0.2, -0.15) is 0 Å². The van der Waals surface area contributed by atoms with Crippen molar-refractivity contribution in [3.8, 4) is 0 Å².